The van der Waals surface area contributed by atoms with Crippen LogP contribution in [0.3, 0.4) is 0 Å². The first-order valence-corrected chi connectivity index (χ1v) is 12.3. The number of hydrogen-bond donors (Lipinski definition) is 0. The fourth-order valence-electron chi connectivity index (χ4n) is 4.89. The Kier molecular flexibility index (Phi) is 8.20. The Morgan fingerprint density at radius 3 is 2.12 bits per heavy atom. The molecule has 0 bridgehead atoms. The van der Waals surface area contributed by atoms with Crippen LogP contribution in [0.2, 0.25) is 5.02 Å². The molecule has 0 unspecified atom stereocenters. The van der Waals surface area contributed by atoms with E-state index >= 15 is 0 Å². The van der Waals surface area contributed by atoms with Gasteiger partial charge in [-0.2, -0.15) is 0 Å². The number of likely N-dealkylation sites (N-methyl/N-ethyl adjacent to an activating group) is 1. The lowest BCUT2D eigenvalue weighted by Crippen LogP contribution is -2.46. The van der Waals surface area contributed by atoms with Gasteiger partial charge in [-0.1, -0.05) is 84.4 Å². The number of amides is 1. The molecule has 0 saturated carbocycles. The van der Waals surface area contributed by atoms with Crippen LogP contribution in [0, 0.1) is 0 Å². The van der Waals surface area contributed by atoms with Crippen molar-refractivity contribution in [1.29, 1.82) is 0 Å². The average Bonchev–Trinajstić information content (AvgIpc) is 2.85. The van der Waals surface area contributed by atoms with Gasteiger partial charge in [0.25, 0.3) is 0 Å². The zero-order chi connectivity index (χ0) is 23.0. The van der Waals surface area contributed by atoms with Crippen LogP contribution in [0.25, 0.3) is 0 Å². The number of piperidine rings is 1. The number of likely N-dealkylation sites (tertiary alicyclic amines) is 1. The summed E-state index contributed by atoms with van der Waals surface area (Å²) in [6.07, 6.45) is 3.56. The molecule has 33 heavy (non-hydrogen) atoms. The maximum Gasteiger partial charge on any atom is 0.226 e. The predicted molar refractivity (Wildman–Crippen MR) is 137 cm³/mol. The maximum atomic E-state index is 12.8. The van der Waals surface area contributed by atoms with Gasteiger partial charge >= 0.3 is 0 Å². The Labute approximate surface area is 203 Å². The van der Waals surface area contributed by atoms with Gasteiger partial charge in [-0.25, -0.2) is 0 Å². The fourth-order valence-corrected chi connectivity index (χ4v) is 5.10. The first kappa shape index (κ1) is 23.5. The number of benzene rings is 3. The molecule has 1 heterocycles. The van der Waals surface area contributed by atoms with Crippen LogP contribution in [0.5, 0.6) is 0 Å². The molecule has 0 spiro atoms. The van der Waals surface area contributed by atoms with Crippen molar-refractivity contribution in [1.82, 2.24) is 9.80 Å². The summed E-state index contributed by atoms with van der Waals surface area (Å²) in [6, 6.07) is 29.6. The minimum atomic E-state index is 0.170. The highest BCUT2D eigenvalue weighted by molar-refractivity contribution is 6.30. The summed E-state index contributed by atoms with van der Waals surface area (Å²) < 4.78 is 0. The van der Waals surface area contributed by atoms with Gasteiger partial charge in [0.2, 0.25) is 5.91 Å². The highest BCUT2D eigenvalue weighted by atomic mass is 35.5. The average molecular weight is 461 g/mol. The molecule has 1 aliphatic rings. The van der Waals surface area contributed by atoms with E-state index < -0.39 is 0 Å². The van der Waals surface area contributed by atoms with Crippen LogP contribution in [0.1, 0.15) is 41.9 Å². The summed E-state index contributed by atoms with van der Waals surface area (Å²) >= 11 is 6.07. The number of carbonyl (C=O) groups is 1. The Bertz CT molecular complexity index is 977. The lowest BCUT2D eigenvalue weighted by molar-refractivity contribution is -0.132. The van der Waals surface area contributed by atoms with Crippen molar-refractivity contribution in [2.24, 2.45) is 0 Å². The van der Waals surface area contributed by atoms with Gasteiger partial charge in [0, 0.05) is 37.1 Å². The second-order valence-electron chi connectivity index (χ2n) is 9.05. The van der Waals surface area contributed by atoms with Crippen LogP contribution in [-0.2, 0) is 11.2 Å². The van der Waals surface area contributed by atoms with E-state index in [9.17, 15) is 4.79 Å². The number of rotatable bonds is 8. The van der Waals surface area contributed by atoms with Gasteiger partial charge < -0.3 is 9.80 Å². The summed E-state index contributed by atoms with van der Waals surface area (Å²) in [5.41, 5.74) is 3.74. The van der Waals surface area contributed by atoms with Crippen LogP contribution in [0.15, 0.2) is 84.9 Å². The van der Waals surface area contributed by atoms with Crippen molar-refractivity contribution in [3.05, 3.63) is 107 Å². The molecule has 3 nitrogen and oxygen atoms in total. The van der Waals surface area contributed by atoms with Gasteiger partial charge in [0.15, 0.2) is 0 Å². The molecule has 0 radical (unpaired) electrons. The van der Waals surface area contributed by atoms with Crippen molar-refractivity contribution in [3.8, 4) is 0 Å². The molecule has 1 amide bonds. The number of nitrogens with zero attached hydrogens (tertiary/aromatic N) is 2. The molecule has 1 fully saturated rings. The number of halogens is 1. The quantitative estimate of drug-likeness (QED) is 0.410. The monoisotopic (exact) mass is 460 g/mol. The molecule has 1 saturated heterocycles. The highest BCUT2D eigenvalue weighted by Crippen LogP contribution is 2.29. The highest BCUT2D eigenvalue weighted by Gasteiger charge is 2.26. The van der Waals surface area contributed by atoms with E-state index in [1.54, 1.807) is 0 Å². The van der Waals surface area contributed by atoms with Crippen molar-refractivity contribution in [2.45, 2.75) is 37.6 Å². The van der Waals surface area contributed by atoms with E-state index in [0.717, 1.165) is 44.5 Å². The third-order valence-corrected chi connectivity index (χ3v) is 7.12. The van der Waals surface area contributed by atoms with Gasteiger partial charge in [-0.15, -0.1) is 0 Å². The Morgan fingerprint density at radius 1 is 0.939 bits per heavy atom. The van der Waals surface area contributed by atoms with E-state index in [1.165, 1.54) is 11.1 Å². The summed E-state index contributed by atoms with van der Waals surface area (Å²) in [7, 11) is 1.95. The van der Waals surface area contributed by atoms with Crippen molar-refractivity contribution in [2.75, 3.05) is 26.7 Å². The summed E-state index contributed by atoms with van der Waals surface area (Å²) in [6.45, 7) is 3.15. The molecule has 0 aromatic heterocycles. The minimum absolute atomic E-state index is 0.170. The summed E-state index contributed by atoms with van der Waals surface area (Å²) in [4.78, 5) is 17.3. The Balaban J connectivity index is 1.30. The minimum Gasteiger partial charge on any atom is -0.342 e. The standard InChI is InChI=1S/C29H33ClN2O/c1-31(29(33)22-23-9-8-14-26(30)21-23)27-15-18-32(19-16-27)20-17-28(24-10-4-2-5-11-24)25-12-6-3-7-13-25/h2-14,21,27-28H,15-20,22H2,1H3. The van der Waals surface area contributed by atoms with E-state index in [2.05, 4.69) is 65.6 Å². The van der Waals surface area contributed by atoms with E-state index in [4.69, 9.17) is 11.6 Å². The van der Waals surface area contributed by atoms with Crippen LogP contribution >= 0.6 is 11.6 Å². The van der Waals surface area contributed by atoms with E-state index in [1.807, 2.05) is 36.2 Å². The lowest BCUT2D eigenvalue weighted by atomic mass is 9.88. The largest absolute Gasteiger partial charge is 0.342 e. The molecule has 4 heteroatoms. The number of carbonyl (C=O) groups excluding carboxylic acids is 1. The SMILES string of the molecule is CN(C(=O)Cc1cccc(Cl)c1)C1CCN(CCC(c2ccccc2)c2ccccc2)CC1. The zero-order valence-electron chi connectivity index (χ0n) is 19.4. The molecular weight excluding hydrogens is 428 g/mol. The fraction of sp³-hybridized carbons (Fsp3) is 0.345. The Morgan fingerprint density at radius 2 is 1.55 bits per heavy atom. The second-order valence-corrected chi connectivity index (χ2v) is 9.48. The molecule has 0 aliphatic carbocycles. The van der Waals surface area contributed by atoms with Gasteiger partial charge in [0.1, 0.15) is 0 Å². The normalized spacial score (nSPS) is 15.0. The molecule has 3 aromatic carbocycles. The molecule has 172 valence electrons. The lowest BCUT2D eigenvalue weighted by Gasteiger charge is -2.37. The maximum absolute atomic E-state index is 12.8. The number of hydrogen-bond acceptors (Lipinski definition) is 2. The Hall–Kier alpha value is -2.62. The smallest absolute Gasteiger partial charge is 0.226 e. The van der Waals surface area contributed by atoms with Crippen LogP contribution in [-0.4, -0.2) is 48.4 Å². The zero-order valence-corrected chi connectivity index (χ0v) is 20.1. The van der Waals surface area contributed by atoms with E-state index in [-0.39, 0.29) is 5.91 Å². The van der Waals surface area contributed by atoms with Crippen molar-refractivity contribution in [3.63, 3.8) is 0 Å². The summed E-state index contributed by atoms with van der Waals surface area (Å²) in [5.74, 6) is 0.580. The van der Waals surface area contributed by atoms with Crippen molar-refractivity contribution < 1.29 is 4.79 Å². The first-order valence-electron chi connectivity index (χ1n) is 11.9. The molecule has 0 atom stereocenters. The third kappa shape index (κ3) is 6.46. The van der Waals surface area contributed by atoms with Crippen LogP contribution < -0.4 is 0 Å². The molecule has 3 aromatic rings. The first-order chi connectivity index (χ1) is 16.1. The van der Waals surface area contributed by atoms with Crippen molar-refractivity contribution >= 4 is 17.5 Å². The third-order valence-electron chi connectivity index (χ3n) is 6.88. The van der Waals surface area contributed by atoms with Gasteiger partial charge in [-0.05, 0) is 54.6 Å². The predicted octanol–water partition coefficient (Wildman–Crippen LogP) is 6.03. The van der Waals surface area contributed by atoms with E-state index in [0.29, 0.717) is 23.4 Å². The molecule has 0 N–H and O–H groups in total. The molecule has 1 aliphatic heterocycles. The summed E-state index contributed by atoms with van der Waals surface area (Å²) in [5, 5.41) is 0.681. The second kappa shape index (κ2) is 11.5. The van der Waals surface area contributed by atoms with Gasteiger partial charge in [-0.3, -0.25) is 4.79 Å². The molecular formula is C29H33ClN2O. The molecule has 4 rings (SSSR count). The van der Waals surface area contributed by atoms with Gasteiger partial charge in [0.05, 0.1) is 6.42 Å². The van der Waals surface area contributed by atoms with Crippen LogP contribution in [0.4, 0.5) is 0 Å². The topological polar surface area (TPSA) is 23.6 Å².